The van der Waals surface area contributed by atoms with Crippen molar-refractivity contribution in [3.63, 3.8) is 0 Å². The lowest BCUT2D eigenvalue weighted by Gasteiger charge is -2.37. The first kappa shape index (κ1) is 13.8. The van der Waals surface area contributed by atoms with E-state index in [1.807, 2.05) is 11.3 Å². The summed E-state index contributed by atoms with van der Waals surface area (Å²) in [6.07, 6.45) is 3.43. The van der Waals surface area contributed by atoms with Gasteiger partial charge in [0.2, 0.25) is 0 Å². The summed E-state index contributed by atoms with van der Waals surface area (Å²) in [5, 5.41) is 2.17. The van der Waals surface area contributed by atoms with Crippen LogP contribution in [0.4, 0.5) is 0 Å². The average molecular weight is 286 g/mol. The van der Waals surface area contributed by atoms with E-state index in [-0.39, 0.29) is 0 Å². The Morgan fingerprint density at radius 1 is 1.20 bits per heavy atom. The second-order valence-corrected chi connectivity index (χ2v) is 6.48. The maximum atomic E-state index is 5.73. The predicted molar refractivity (Wildman–Crippen MR) is 85.9 cm³/mol. The molecule has 2 N–H and O–H groups in total. The van der Waals surface area contributed by atoms with Gasteiger partial charge in [0.05, 0.1) is 0 Å². The van der Waals surface area contributed by atoms with Gasteiger partial charge in [-0.2, -0.15) is 0 Å². The van der Waals surface area contributed by atoms with E-state index in [0.717, 1.165) is 26.1 Å². The lowest BCUT2D eigenvalue weighted by atomic mass is 9.90. The van der Waals surface area contributed by atoms with E-state index in [0.29, 0.717) is 6.04 Å². The van der Waals surface area contributed by atoms with Gasteiger partial charge < -0.3 is 5.73 Å². The molecule has 1 aliphatic heterocycles. The average Bonchev–Trinajstić information content (AvgIpc) is 2.99. The molecule has 1 aromatic carbocycles. The second-order valence-electron chi connectivity index (χ2n) is 5.45. The van der Waals surface area contributed by atoms with Crippen LogP contribution in [-0.2, 0) is 13.0 Å². The molecule has 0 fully saturated rings. The normalized spacial score (nSPS) is 18.9. The topological polar surface area (TPSA) is 29.3 Å². The summed E-state index contributed by atoms with van der Waals surface area (Å²) >= 11 is 1.86. The van der Waals surface area contributed by atoms with Crippen LogP contribution in [0.3, 0.4) is 0 Å². The number of nitrogens with two attached hydrogens (primary N) is 1. The van der Waals surface area contributed by atoms with Gasteiger partial charge in [-0.05, 0) is 48.4 Å². The van der Waals surface area contributed by atoms with Crippen molar-refractivity contribution in [3.05, 3.63) is 57.8 Å². The molecule has 20 heavy (non-hydrogen) atoms. The zero-order valence-corrected chi connectivity index (χ0v) is 12.6. The fraction of sp³-hybridized carbons (Fsp3) is 0.412. The molecule has 0 bridgehead atoms. The number of hydrogen-bond donors (Lipinski definition) is 1. The van der Waals surface area contributed by atoms with Crippen molar-refractivity contribution in [2.24, 2.45) is 5.73 Å². The highest BCUT2D eigenvalue weighted by atomic mass is 32.1. The summed E-state index contributed by atoms with van der Waals surface area (Å²) in [7, 11) is 0. The molecule has 1 atom stereocenters. The molecule has 1 aliphatic rings. The van der Waals surface area contributed by atoms with Gasteiger partial charge in [0, 0.05) is 24.0 Å². The summed E-state index contributed by atoms with van der Waals surface area (Å²) in [5.41, 5.74) is 8.77. The molecule has 3 rings (SSSR count). The minimum atomic E-state index is 0.533. The van der Waals surface area contributed by atoms with Crippen molar-refractivity contribution in [1.82, 2.24) is 4.90 Å². The van der Waals surface area contributed by atoms with Gasteiger partial charge in [0.25, 0.3) is 0 Å². The van der Waals surface area contributed by atoms with Crippen LogP contribution in [0.1, 0.15) is 34.9 Å². The lowest BCUT2D eigenvalue weighted by Crippen LogP contribution is -2.35. The molecular weight excluding hydrogens is 264 g/mol. The smallest absolute Gasteiger partial charge is 0.0355 e. The summed E-state index contributed by atoms with van der Waals surface area (Å²) in [5.74, 6) is 0. The molecule has 0 saturated heterocycles. The van der Waals surface area contributed by atoms with Crippen molar-refractivity contribution in [3.8, 4) is 0 Å². The standard InChI is InChI=1S/C17H22N2S/c18-10-3-8-17-16-7-2-1-5-14(16)9-11-19(17)13-15-6-4-12-20-15/h1-2,4-7,12,17H,3,8-11,13,18H2. The van der Waals surface area contributed by atoms with E-state index >= 15 is 0 Å². The molecule has 0 spiro atoms. The SMILES string of the molecule is NCCCC1c2ccccc2CCN1Cc1cccs1. The highest BCUT2D eigenvalue weighted by molar-refractivity contribution is 7.09. The molecule has 2 aromatic rings. The zero-order valence-electron chi connectivity index (χ0n) is 11.8. The summed E-state index contributed by atoms with van der Waals surface area (Å²) < 4.78 is 0. The molecule has 0 saturated carbocycles. The number of benzene rings is 1. The van der Waals surface area contributed by atoms with Crippen LogP contribution in [0.5, 0.6) is 0 Å². The van der Waals surface area contributed by atoms with Gasteiger partial charge in [0.1, 0.15) is 0 Å². The maximum absolute atomic E-state index is 5.73. The van der Waals surface area contributed by atoms with Gasteiger partial charge in [-0.15, -0.1) is 11.3 Å². The van der Waals surface area contributed by atoms with E-state index in [1.54, 1.807) is 0 Å². The maximum Gasteiger partial charge on any atom is 0.0355 e. The van der Waals surface area contributed by atoms with Gasteiger partial charge >= 0.3 is 0 Å². The monoisotopic (exact) mass is 286 g/mol. The van der Waals surface area contributed by atoms with Gasteiger partial charge in [-0.3, -0.25) is 4.90 Å². The fourth-order valence-corrected chi connectivity index (χ4v) is 3.87. The van der Waals surface area contributed by atoms with E-state index < -0.39 is 0 Å². The van der Waals surface area contributed by atoms with E-state index in [9.17, 15) is 0 Å². The molecule has 1 unspecified atom stereocenters. The van der Waals surface area contributed by atoms with Crippen molar-refractivity contribution >= 4 is 11.3 Å². The molecule has 0 aliphatic carbocycles. The van der Waals surface area contributed by atoms with Crippen LogP contribution in [0.25, 0.3) is 0 Å². The second kappa shape index (κ2) is 6.53. The van der Waals surface area contributed by atoms with Crippen LogP contribution >= 0.6 is 11.3 Å². The minimum absolute atomic E-state index is 0.533. The quantitative estimate of drug-likeness (QED) is 0.910. The summed E-state index contributed by atoms with van der Waals surface area (Å²) in [4.78, 5) is 4.09. The Kier molecular flexibility index (Phi) is 4.51. The Labute approximate surface area is 125 Å². The zero-order chi connectivity index (χ0) is 13.8. The molecular formula is C17H22N2S. The fourth-order valence-electron chi connectivity index (χ4n) is 3.14. The highest BCUT2D eigenvalue weighted by Gasteiger charge is 2.26. The first-order valence-electron chi connectivity index (χ1n) is 7.43. The van der Waals surface area contributed by atoms with Crippen LogP contribution in [-0.4, -0.2) is 18.0 Å². The van der Waals surface area contributed by atoms with E-state index in [4.69, 9.17) is 5.73 Å². The van der Waals surface area contributed by atoms with Crippen molar-refractivity contribution in [1.29, 1.82) is 0 Å². The first-order chi connectivity index (χ1) is 9.88. The molecule has 3 heteroatoms. The van der Waals surface area contributed by atoms with Gasteiger partial charge in [0.15, 0.2) is 0 Å². The Morgan fingerprint density at radius 2 is 2.10 bits per heavy atom. The lowest BCUT2D eigenvalue weighted by molar-refractivity contribution is 0.167. The molecule has 0 radical (unpaired) electrons. The van der Waals surface area contributed by atoms with Crippen LogP contribution in [0.2, 0.25) is 0 Å². The minimum Gasteiger partial charge on any atom is -0.330 e. The number of thiophene rings is 1. The third-order valence-corrected chi connectivity index (χ3v) is 5.01. The molecule has 106 valence electrons. The summed E-state index contributed by atoms with van der Waals surface area (Å²) in [6, 6.07) is 13.8. The largest absolute Gasteiger partial charge is 0.330 e. The Bertz CT molecular complexity index is 536. The molecule has 1 aromatic heterocycles. The molecule has 2 heterocycles. The molecule has 0 amide bonds. The number of hydrogen-bond acceptors (Lipinski definition) is 3. The van der Waals surface area contributed by atoms with E-state index in [1.165, 1.54) is 28.8 Å². The summed E-state index contributed by atoms with van der Waals surface area (Å²) in [6.45, 7) is 3.01. The van der Waals surface area contributed by atoms with E-state index in [2.05, 4.69) is 46.7 Å². The Morgan fingerprint density at radius 3 is 2.90 bits per heavy atom. The van der Waals surface area contributed by atoms with Gasteiger partial charge in [-0.1, -0.05) is 30.3 Å². The third kappa shape index (κ3) is 2.95. The first-order valence-corrected chi connectivity index (χ1v) is 8.31. The predicted octanol–water partition coefficient (Wildman–Crippen LogP) is 3.59. The Balaban J connectivity index is 1.82. The highest BCUT2D eigenvalue weighted by Crippen LogP contribution is 2.34. The molecule has 2 nitrogen and oxygen atoms in total. The number of nitrogens with zero attached hydrogens (tertiary/aromatic N) is 1. The van der Waals surface area contributed by atoms with Crippen LogP contribution in [0.15, 0.2) is 41.8 Å². The van der Waals surface area contributed by atoms with Crippen molar-refractivity contribution in [2.75, 3.05) is 13.1 Å². The Hall–Kier alpha value is -1.16. The number of rotatable bonds is 5. The van der Waals surface area contributed by atoms with Crippen molar-refractivity contribution < 1.29 is 0 Å². The van der Waals surface area contributed by atoms with Crippen LogP contribution < -0.4 is 5.73 Å². The number of fused-ring (bicyclic) bond motifs is 1. The third-order valence-electron chi connectivity index (χ3n) is 4.14. The van der Waals surface area contributed by atoms with Crippen molar-refractivity contribution in [2.45, 2.75) is 31.8 Å². The van der Waals surface area contributed by atoms with Crippen LogP contribution in [0, 0.1) is 0 Å². The van der Waals surface area contributed by atoms with Gasteiger partial charge in [-0.25, -0.2) is 0 Å².